The molecule has 2 heterocycles. The Morgan fingerprint density at radius 3 is 1.47 bits per heavy atom. The van der Waals surface area contributed by atoms with Crippen LogP contribution in [0.2, 0.25) is 0 Å². The summed E-state index contributed by atoms with van der Waals surface area (Å²) in [4.78, 5) is 14.7. The van der Waals surface area contributed by atoms with Crippen molar-refractivity contribution in [2.24, 2.45) is 0 Å². The molecule has 3 nitrogen and oxygen atoms in total. The highest BCUT2D eigenvalue weighted by atomic mass is 14.9. The minimum atomic E-state index is 0.697. The number of fused-ring (bicyclic) bond motifs is 3. The van der Waals surface area contributed by atoms with Crippen LogP contribution in [0.1, 0.15) is 0 Å². The first-order chi connectivity index (χ1) is 30.7. The summed E-state index contributed by atoms with van der Waals surface area (Å²) in [5.41, 5.74) is 10.4. The van der Waals surface area contributed by atoms with Crippen molar-refractivity contribution in [3.63, 3.8) is 0 Å². The summed E-state index contributed by atoms with van der Waals surface area (Å²) < 4.78 is 0. The Bertz CT molecular complexity index is 3900. The van der Waals surface area contributed by atoms with Crippen molar-refractivity contribution >= 4 is 75.5 Å². The van der Waals surface area contributed by atoms with E-state index in [0.717, 1.165) is 50.1 Å². The predicted molar refractivity (Wildman–Crippen MR) is 261 cm³/mol. The van der Waals surface area contributed by atoms with E-state index in [2.05, 4.69) is 187 Å². The molecule has 0 amide bonds. The van der Waals surface area contributed by atoms with Gasteiger partial charge in [-0.05, 0) is 129 Å². The lowest BCUT2D eigenvalue weighted by molar-refractivity contribution is 1.18. The summed E-state index contributed by atoms with van der Waals surface area (Å²) in [6, 6.07) is 74.8. The highest BCUT2D eigenvalue weighted by Crippen LogP contribution is 2.44. The van der Waals surface area contributed by atoms with Crippen LogP contribution >= 0.6 is 0 Å². The molecule has 0 aliphatic heterocycles. The Kier molecular flexibility index (Phi) is 7.60. The average molecular weight is 786 g/mol. The molecular formula is C59H35N3. The molecule has 286 valence electrons. The van der Waals surface area contributed by atoms with E-state index in [1.807, 2.05) is 30.5 Å². The Morgan fingerprint density at radius 1 is 0.258 bits per heavy atom. The van der Waals surface area contributed by atoms with Crippen molar-refractivity contribution < 1.29 is 0 Å². The lowest BCUT2D eigenvalue weighted by Crippen LogP contribution is -1.96. The standard InChI is InChI=1S/C59H35N3/c1-2-9-41(10-3-1)59-61-53(35-54(62-59)45-28-29-52-44(32-45)16-8-30-60-52)37-22-20-36(21-23-37)42-14-4-15-43(31-42)47-33-46-27-26-40-12-6-18-49-48-17-5-11-38-24-25-39-13-7-19-50(57(39)55(38)48)51(34-47)58(46)56(40)49/h1-35H. The molecule has 0 unspecified atom stereocenters. The van der Waals surface area contributed by atoms with Crippen LogP contribution in [-0.4, -0.2) is 15.0 Å². The lowest BCUT2D eigenvalue weighted by atomic mass is 9.86. The van der Waals surface area contributed by atoms with Crippen molar-refractivity contribution in [1.82, 2.24) is 15.0 Å². The van der Waals surface area contributed by atoms with Gasteiger partial charge >= 0.3 is 0 Å². The summed E-state index contributed by atoms with van der Waals surface area (Å²) in [7, 11) is 0. The lowest BCUT2D eigenvalue weighted by Gasteiger charge is -2.17. The number of hydrogen-bond acceptors (Lipinski definition) is 3. The zero-order chi connectivity index (χ0) is 40.7. The van der Waals surface area contributed by atoms with Crippen LogP contribution in [0.3, 0.4) is 0 Å². The largest absolute Gasteiger partial charge is 0.256 e. The Balaban J connectivity index is 0.943. The molecule has 0 radical (unpaired) electrons. The van der Waals surface area contributed by atoms with Gasteiger partial charge in [0.1, 0.15) is 0 Å². The molecule has 2 aromatic heterocycles. The van der Waals surface area contributed by atoms with Gasteiger partial charge in [-0.15, -0.1) is 0 Å². The average Bonchev–Trinajstić information content (AvgIpc) is 3.35. The Hall–Kier alpha value is -8.27. The maximum atomic E-state index is 5.11. The van der Waals surface area contributed by atoms with Crippen molar-refractivity contribution in [2.45, 2.75) is 0 Å². The topological polar surface area (TPSA) is 38.7 Å². The summed E-state index contributed by atoms with van der Waals surface area (Å²) >= 11 is 0. The van der Waals surface area contributed by atoms with Crippen molar-refractivity contribution in [2.75, 3.05) is 0 Å². The fourth-order valence-electron chi connectivity index (χ4n) is 9.86. The number of benzene rings is 10. The molecule has 0 fully saturated rings. The van der Waals surface area contributed by atoms with Crippen LogP contribution < -0.4 is 0 Å². The minimum Gasteiger partial charge on any atom is -0.256 e. The number of nitrogens with zero attached hydrogens (tertiary/aromatic N) is 3. The molecule has 0 atom stereocenters. The van der Waals surface area contributed by atoms with Gasteiger partial charge in [0.25, 0.3) is 0 Å². The predicted octanol–water partition coefficient (Wildman–Crippen LogP) is 15.7. The number of aromatic nitrogens is 3. The molecule has 11 aromatic carbocycles. The molecule has 3 heteroatoms. The first-order valence-electron chi connectivity index (χ1n) is 21.2. The number of rotatable bonds is 5. The maximum absolute atomic E-state index is 5.11. The SMILES string of the molecule is c1ccc(-c2nc(-c3ccc(-c4cccc(-c5cc6ccc7cccc8c9cccc%10ccc%11cccc(c(c5)c6c78)c%11c%109)c4)cc3)cc(-c3ccc4ncccc4c3)n2)cc1. The van der Waals surface area contributed by atoms with Gasteiger partial charge in [0.05, 0.1) is 16.9 Å². The molecule has 0 saturated heterocycles. The van der Waals surface area contributed by atoms with E-state index in [4.69, 9.17) is 9.97 Å². The van der Waals surface area contributed by atoms with Crippen LogP contribution in [0, 0.1) is 0 Å². The first kappa shape index (κ1) is 34.6. The van der Waals surface area contributed by atoms with E-state index < -0.39 is 0 Å². The Labute approximate surface area is 357 Å². The first-order valence-corrected chi connectivity index (χ1v) is 21.2. The van der Waals surface area contributed by atoms with Crippen molar-refractivity contribution in [3.8, 4) is 56.2 Å². The van der Waals surface area contributed by atoms with Crippen LogP contribution in [0.5, 0.6) is 0 Å². The van der Waals surface area contributed by atoms with Gasteiger partial charge in [0, 0.05) is 28.3 Å². The minimum absolute atomic E-state index is 0.697. The fraction of sp³-hybridized carbons (Fsp3) is 0. The monoisotopic (exact) mass is 785 g/mol. The van der Waals surface area contributed by atoms with Crippen molar-refractivity contribution in [3.05, 3.63) is 212 Å². The van der Waals surface area contributed by atoms with E-state index in [1.165, 1.54) is 75.8 Å². The number of hydrogen-bond donors (Lipinski definition) is 0. The third-order valence-corrected chi connectivity index (χ3v) is 12.8. The second-order valence-electron chi connectivity index (χ2n) is 16.4. The quantitative estimate of drug-likeness (QED) is 0.163. The molecule has 0 saturated carbocycles. The normalized spacial score (nSPS) is 11.9. The van der Waals surface area contributed by atoms with Crippen LogP contribution in [0.25, 0.3) is 132 Å². The van der Waals surface area contributed by atoms with E-state index in [0.29, 0.717) is 5.82 Å². The molecule has 0 aliphatic rings. The molecule has 13 rings (SSSR count). The molecule has 0 bridgehead atoms. The molecular weight excluding hydrogens is 751 g/mol. The zero-order valence-corrected chi connectivity index (χ0v) is 33.5. The highest BCUT2D eigenvalue weighted by Gasteiger charge is 2.17. The molecule has 13 aromatic rings. The summed E-state index contributed by atoms with van der Waals surface area (Å²) in [6.07, 6.45) is 1.83. The number of pyridine rings is 1. The third kappa shape index (κ3) is 5.49. The van der Waals surface area contributed by atoms with Gasteiger partial charge in [0.15, 0.2) is 5.82 Å². The smallest absolute Gasteiger partial charge is 0.160 e. The van der Waals surface area contributed by atoms with Gasteiger partial charge in [-0.25, -0.2) is 9.97 Å². The Morgan fingerprint density at radius 2 is 0.774 bits per heavy atom. The van der Waals surface area contributed by atoms with E-state index in [-0.39, 0.29) is 0 Å². The van der Waals surface area contributed by atoms with E-state index in [9.17, 15) is 0 Å². The van der Waals surface area contributed by atoms with Gasteiger partial charge in [-0.3, -0.25) is 4.98 Å². The molecule has 0 aliphatic carbocycles. The van der Waals surface area contributed by atoms with Crippen molar-refractivity contribution in [1.29, 1.82) is 0 Å². The second kappa shape index (κ2) is 13.6. The van der Waals surface area contributed by atoms with Crippen LogP contribution in [0.15, 0.2) is 212 Å². The van der Waals surface area contributed by atoms with Gasteiger partial charge in [-0.2, -0.15) is 0 Å². The maximum Gasteiger partial charge on any atom is 0.160 e. The fourth-order valence-corrected chi connectivity index (χ4v) is 9.86. The molecule has 0 spiro atoms. The van der Waals surface area contributed by atoms with Gasteiger partial charge in [0.2, 0.25) is 0 Å². The summed E-state index contributed by atoms with van der Waals surface area (Å²) in [6.45, 7) is 0. The highest BCUT2D eigenvalue weighted by molar-refractivity contribution is 6.37. The van der Waals surface area contributed by atoms with Gasteiger partial charge in [-0.1, -0.05) is 164 Å². The zero-order valence-electron chi connectivity index (χ0n) is 33.5. The second-order valence-corrected chi connectivity index (χ2v) is 16.4. The molecule has 0 N–H and O–H groups in total. The summed E-state index contributed by atoms with van der Waals surface area (Å²) in [5, 5.41) is 16.5. The summed E-state index contributed by atoms with van der Waals surface area (Å²) in [5.74, 6) is 0.697. The van der Waals surface area contributed by atoms with Crippen LogP contribution in [-0.2, 0) is 0 Å². The van der Waals surface area contributed by atoms with E-state index in [1.54, 1.807) is 0 Å². The van der Waals surface area contributed by atoms with Gasteiger partial charge < -0.3 is 0 Å². The molecule has 62 heavy (non-hydrogen) atoms. The van der Waals surface area contributed by atoms with E-state index >= 15 is 0 Å². The third-order valence-electron chi connectivity index (χ3n) is 12.8. The van der Waals surface area contributed by atoms with Crippen LogP contribution in [0.4, 0.5) is 0 Å².